The highest BCUT2D eigenvalue weighted by molar-refractivity contribution is 7.94. The number of nitrogen functional groups attached to an aromatic ring is 2. The fourth-order valence-corrected chi connectivity index (χ4v) is 3.02. The third-order valence-corrected chi connectivity index (χ3v) is 4.11. The largest absolute Gasteiger partial charge is 0.399 e. The van der Waals surface area contributed by atoms with Gasteiger partial charge in [0.05, 0.1) is 0 Å². The molecule has 6 nitrogen and oxygen atoms in total. The fourth-order valence-electron chi connectivity index (χ4n) is 1.81. The molecule has 2 rings (SSSR count). The summed E-state index contributed by atoms with van der Waals surface area (Å²) in [7, 11) is -4.44. The van der Waals surface area contributed by atoms with E-state index in [2.05, 4.69) is 0 Å². The van der Waals surface area contributed by atoms with Gasteiger partial charge in [-0.05, 0) is 29.8 Å². The van der Waals surface area contributed by atoms with Gasteiger partial charge in [0, 0.05) is 33.9 Å². The molecule has 0 fully saturated rings. The highest BCUT2D eigenvalue weighted by Gasteiger charge is 2.19. The van der Waals surface area contributed by atoms with Gasteiger partial charge in [-0.2, -0.15) is 8.42 Å². The lowest BCUT2D eigenvalue weighted by Crippen LogP contribution is -2.03. The number of anilines is 2. The first-order valence-electron chi connectivity index (χ1n) is 5.41. The number of hydrogen-bond acceptors (Lipinski definition) is 6. The Kier molecular flexibility index (Phi) is 3.91. The van der Waals surface area contributed by atoms with Crippen molar-refractivity contribution in [1.82, 2.24) is 0 Å². The molecule has 106 valence electrons. The van der Waals surface area contributed by atoms with Gasteiger partial charge < -0.3 is 16.0 Å². The minimum Gasteiger partial charge on any atom is -0.399 e. The van der Waals surface area contributed by atoms with Gasteiger partial charge in [-0.3, -0.25) is 4.55 Å². The first kappa shape index (κ1) is 14.7. The third-order valence-electron chi connectivity index (χ3n) is 2.68. The van der Waals surface area contributed by atoms with Crippen LogP contribution in [0.5, 0.6) is 0 Å². The minimum atomic E-state index is -4.44. The normalized spacial score (nSPS) is 11.5. The zero-order valence-electron chi connectivity index (χ0n) is 10.1. The maximum Gasteiger partial charge on any atom is 0.295 e. The molecule has 0 aliphatic carbocycles. The van der Waals surface area contributed by atoms with E-state index in [4.69, 9.17) is 11.5 Å². The van der Waals surface area contributed by atoms with E-state index in [1.807, 2.05) is 0 Å². The molecule has 0 saturated heterocycles. The number of benzene rings is 2. The molecule has 0 bridgehead atoms. The van der Waals surface area contributed by atoms with E-state index < -0.39 is 10.1 Å². The van der Waals surface area contributed by atoms with Crippen LogP contribution in [0.15, 0.2) is 46.2 Å². The van der Waals surface area contributed by atoms with Crippen molar-refractivity contribution < 1.29 is 17.5 Å². The first-order valence-corrected chi connectivity index (χ1v) is 7.62. The maximum absolute atomic E-state index is 11.5. The van der Waals surface area contributed by atoms with E-state index in [9.17, 15) is 17.5 Å². The Balaban J connectivity index is 2.77. The molecular formula is C12H12N2O4S2. The lowest BCUT2D eigenvalue weighted by molar-refractivity contribution is 0.483. The van der Waals surface area contributed by atoms with Crippen LogP contribution in [0.2, 0.25) is 0 Å². The van der Waals surface area contributed by atoms with Crippen LogP contribution in [-0.4, -0.2) is 17.5 Å². The molecule has 0 saturated carbocycles. The molecule has 2 aromatic carbocycles. The van der Waals surface area contributed by atoms with E-state index in [1.165, 1.54) is 18.2 Å². The predicted molar refractivity (Wildman–Crippen MR) is 79.0 cm³/mol. The summed E-state index contributed by atoms with van der Waals surface area (Å²) in [6.07, 6.45) is 0. The molecule has 0 amide bonds. The minimum absolute atomic E-state index is 0.204. The molecule has 0 radical (unpaired) electrons. The Morgan fingerprint density at radius 2 is 1.50 bits per heavy atom. The van der Waals surface area contributed by atoms with Crippen LogP contribution in [0.1, 0.15) is 0 Å². The number of rotatable bonds is 3. The molecule has 0 heterocycles. The molecule has 0 spiro atoms. The summed E-state index contributed by atoms with van der Waals surface area (Å²) in [5.74, 6) is 0. The number of nitrogens with two attached hydrogens (primary N) is 2. The van der Waals surface area contributed by atoms with Crippen LogP contribution in [0, 0.1) is 0 Å². The summed E-state index contributed by atoms with van der Waals surface area (Å²) in [5, 5.41) is 0. The Hall–Kier alpha value is -1.74. The maximum atomic E-state index is 11.5. The zero-order valence-corrected chi connectivity index (χ0v) is 11.8. The highest BCUT2D eigenvalue weighted by atomic mass is 32.2. The van der Waals surface area contributed by atoms with Crippen molar-refractivity contribution in [3.63, 3.8) is 0 Å². The molecule has 0 aromatic heterocycles. The van der Waals surface area contributed by atoms with E-state index in [0.29, 0.717) is 28.2 Å². The van der Waals surface area contributed by atoms with Crippen molar-refractivity contribution in [3.05, 3.63) is 36.4 Å². The van der Waals surface area contributed by atoms with Crippen molar-refractivity contribution in [3.8, 4) is 11.1 Å². The molecule has 0 aliphatic rings. The van der Waals surface area contributed by atoms with Gasteiger partial charge in [-0.1, -0.05) is 12.1 Å². The Labute approximate surface area is 120 Å². The van der Waals surface area contributed by atoms with Gasteiger partial charge in [0.2, 0.25) is 0 Å². The Bertz CT molecular complexity index is 760. The Morgan fingerprint density at radius 1 is 0.950 bits per heavy atom. The second-order valence-corrected chi connectivity index (χ2v) is 6.09. The van der Waals surface area contributed by atoms with Crippen LogP contribution in [0.3, 0.4) is 0 Å². The van der Waals surface area contributed by atoms with Gasteiger partial charge in [-0.15, -0.1) is 0 Å². The van der Waals surface area contributed by atoms with Crippen LogP contribution < -0.4 is 11.5 Å². The molecular weight excluding hydrogens is 300 g/mol. The van der Waals surface area contributed by atoms with Crippen molar-refractivity contribution >= 4 is 33.5 Å². The molecule has 20 heavy (non-hydrogen) atoms. The smallest absolute Gasteiger partial charge is 0.295 e. The third kappa shape index (κ3) is 2.88. The summed E-state index contributed by atoms with van der Waals surface area (Å²) in [6, 6.07) is 8.76. The lowest BCUT2D eigenvalue weighted by Gasteiger charge is -2.12. The summed E-state index contributed by atoms with van der Waals surface area (Å²) >= 11 is 0.440. The van der Waals surface area contributed by atoms with Gasteiger partial charge in [-0.25, -0.2) is 0 Å². The lowest BCUT2D eigenvalue weighted by atomic mass is 10.0. The van der Waals surface area contributed by atoms with Crippen LogP contribution in [0.25, 0.3) is 11.1 Å². The van der Waals surface area contributed by atoms with Crippen LogP contribution in [-0.2, 0) is 10.1 Å². The summed E-state index contributed by atoms with van der Waals surface area (Å²) in [6.45, 7) is 0. The average Bonchev–Trinajstić information content (AvgIpc) is 2.38. The Morgan fingerprint density at radius 3 is 2.05 bits per heavy atom. The van der Waals surface area contributed by atoms with Crippen LogP contribution >= 0.6 is 12.0 Å². The van der Waals surface area contributed by atoms with Crippen molar-refractivity contribution in [1.29, 1.82) is 0 Å². The summed E-state index contributed by atoms with van der Waals surface area (Å²) < 4.78 is 41.5. The van der Waals surface area contributed by atoms with E-state index in [0.717, 1.165) is 6.07 Å². The van der Waals surface area contributed by atoms with E-state index in [1.54, 1.807) is 12.1 Å². The molecule has 0 unspecified atom stereocenters. The van der Waals surface area contributed by atoms with Gasteiger partial charge in [0.25, 0.3) is 10.1 Å². The van der Waals surface area contributed by atoms with Crippen molar-refractivity contribution in [2.24, 2.45) is 0 Å². The quantitative estimate of drug-likeness (QED) is 0.389. The van der Waals surface area contributed by atoms with Crippen LogP contribution in [0.4, 0.5) is 11.4 Å². The zero-order chi connectivity index (χ0) is 14.9. The number of hydrogen-bond donors (Lipinski definition) is 4. The molecule has 6 N–H and O–H groups in total. The highest BCUT2D eigenvalue weighted by Crippen LogP contribution is 2.36. The molecule has 0 atom stereocenters. The molecule has 0 aliphatic heterocycles. The van der Waals surface area contributed by atoms with Gasteiger partial charge in [0.1, 0.15) is 4.90 Å². The SMILES string of the molecule is Nc1ccc(-c2ccc(N)cc2S(=O)(=O)O)c(SO)c1. The summed E-state index contributed by atoms with van der Waals surface area (Å²) in [4.78, 5) is 0.0530. The second kappa shape index (κ2) is 5.33. The molecule has 8 heteroatoms. The first-order chi connectivity index (χ1) is 9.32. The van der Waals surface area contributed by atoms with Crippen molar-refractivity contribution in [2.45, 2.75) is 9.79 Å². The van der Waals surface area contributed by atoms with Crippen molar-refractivity contribution in [2.75, 3.05) is 11.5 Å². The van der Waals surface area contributed by atoms with E-state index >= 15 is 0 Å². The summed E-state index contributed by atoms with van der Waals surface area (Å²) in [5.41, 5.74) is 12.5. The molecule has 2 aromatic rings. The monoisotopic (exact) mass is 312 g/mol. The fraction of sp³-hybridized carbons (Fsp3) is 0. The van der Waals surface area contributed by atoms with Gasteiger partial charge >= 0.3 is 0 Å². The topological polar surface area (TPSA) is 127 Å². The van der Waals surface area contributed by atoms with Gasteiger partial charge in [0.15, 0.2) is 0 Å². The predicted octanol–water partition coefficient (Wildman–Crippen LogP) is 2.33. The standard InChI is InChI=1S/C12H12N2O4S2/c13-7-1-3-9(11(5-7)19-15)10-4-2-8(14)6-12(10)20(16,17)18/h1-6,15H,13-14H2,(H,16,17,18). The second-order valence-electron chi connectivity index (χ2n) is 4.08. The average molecular weight is 312 g/mol. The van der Waals surface area contributed by atoms with E-state index in [-0.39, 0.29) is 16.1 Å².